The summed E-state index contributed by atoms with van der Waals surface area (Å²) in [7, 11) is 1.67. The van der Waals surface area contributed by atoms with E-state index in [0.717, 1.165) is 18.4 Å². The number of rotatable bonds is 5. The van der Waals surface area contributed by atoms with Gasteiger partial charge in [0.2, 0.25) is 0 Å². The third-order valence-electron chi connectivity index (χ3n) is 5.16. The second kappa shape index (κ2) is 5.72. The predicted octanol–water partition coefficient (Wildman–Crippen LogP) is 2.74. The minimum absolute atomic E-state index is 0.122. The Labute approximate surface area is 110 Å². The molecule has 0 saturated heterocycles. The van der Waals surface area contributed by atoms with E-state index in [1.54, 1.807) is 7.11 Å². The summed E-state index contributed by atoms with van der Waals surface area (Å²) in [5, 5.41) is 9.36. The lowest BCUT2D eigenvalue weighted by atomic mass is 9.63. The van der Waals surface area contributed by atoms with Crippen LogP contribution in [0, 0.1) is 17.3 Å². The molecule has 2 rings (SSSR count). The summed E-state index contributed by atoms with van der Waals surface area (Å²) in [6.45, 7) is 6.94. The highest BCUT2D eigenvalue weighted by molar-refractivity contribution is 5.14. The highest BCUT2D eigenvalue weighted by Crippen LogP contribution is 2.57. The lowest BCUT2D eigenvalue weighted by Crippen LogP contribution is -2.42. The van der Waals surface area contributed by atoms with E-state index in [2.05, 4.69) is 13.5 Å². The maximum Gasteiger partial charge on any atom is 0.146 e. The molecule has 4 atom stereocenters. The van der Waals surface area contributed by atoms with Crippen LogP contribution in [0.25, 0.3) is 0 Å². The van der Waals surface area contributed by atoms with Gasteiger partial charge in [0.05, 0.1) is 12.7 Å². The number of aliphatic hydroxyl groups is 1. The van der Waals surface area contributed by atoms with Crippen LogP contribution in [0.15, 0.2) is 12.2 Å². The van der Waals surface area contributed by atoms with E-state index in [9.17, 15) is 5.11 Å². The van der Waals surface area contributed by atoms with E-state index < -0.39 is 0 Å². The van der Waals surface area contributed by atoms with Gasteiger partial charge in [0.25, 0.3) is 0 Å². The highest BCUT2D eigenvalue weighted by atomic mass is 16.7. The van der Waals surface area contributed by atoms with Crippen molar-refractivity contribution in [2.75, 3.05) is 20.5 Å². The molecule has 0 aromatic rings. The van der Waals surface area contributed by atoms with Gasteiger partial charge in [-0.25, -0.2) is 0 Å². The van der Waals surface area contributed by atoms with Crippen molar-refractivity contribution in [3.05, 3.63) is 12.2 Å². The molecular weight excluding hydrogens is 228 g/mol. The average molecular weight is 254 g/mol. The van der Waals surface area contributed by atoms with E-state index in [0.29, 0.717) is 24.7 Å². The summed E-state index contributed by atoms with van der Waals surface area (Å²) >= 11 is 0. The number of aliphatic hydroxyl groups excluding tert-OH is 1. The minimum atomic E-state index is 0.122. The lowest BCUT2D eigenvalue weighted by Gasteiger charge is -2.45. The van der Waals surface area contributed by atoms with Gasteiger partial charge in [-0.15, -0.1) is 0 Å². The second-order valence-electron chi connectivity index (χ2n) is 6.06. The Bertz CT molecular complexity index is 302. The molecule has 0 aromatic carbocycles. The maximum atomic E-state index is 9.36. The lowest BCUT2D eigenvalue weighted by molar-refractivity contribution is -0.125. The fraction of sp³-hybridized carbons (Fsp3) is 0.867. The summed E-state index contributed by atoms with van der Waals surface area (Å²) in [6, 6.07) is 0. The van der Waals surface area contributed by atoms with Crippen molar-refractivity contribution in [3.8, 4) is 0 Å². The Morgan fingerprint density at radius 3 is 2.83 bits per heavy atom. The molecule has 0 amide bonds. The molecule has 2 aliphatic rings. The molecule has 0 spiro atoms. The Morgan fingerprint density at radius 1 is 1.39 bits per heavy atom. The van der Waals surface area contributed by atoms with Crippen molar-refractivity contribution >= 4 is 0 Å². The van der Waals surface area contributed by atoms with Crippen LogP contribution in [0.2, 0.25) is 0 Å². The molecule has 0 unspecified atom stereocenters. The number of fused-ring (bicyclic) bond motifs is 1. The Kier molecular flexibility index (Phi) is 4.46. The molecule has 2 aliphatic carbocycles. The van der Waals surface area contributed by atoms with Gasteiger partial charge in [-0.3, -0.25) is 0 Å². The topological polar surface area (TPSA) is 38.7 Å². The molecule has 2 fully saturated rings. The van der Waals surface area contributed by atoms with Crippen LogP contribution in [0.1, 0.15) is 39.0 Å². The molecule has 0 bridgehead atoms. The summed E-state index contributed by atoms with van der Waals surface area (Å²) in [4.78, 5) is 0. The van der Waals surface area contributed by atoms with Crippen molar-refractivity contribution in [1.29, 1.82) is 0 Å². The normalized spacial score (nSPS) is 39.6. The average Bonchev–Trinajstić information content (AvgIpc) is 2.73. The van der Waals surface area contributed by atoms with Gasteiger partial charge in [0, 0.05) is 7.11 Å². The third kappa shape index (κ3) is 2.36. The number of hydrogen-bond donors (Lipinski definition) is 1. The molecule has 0 radical (unpaired) electrons. The van der Waals surface area contributed by atoms with Crippen molar-refractivity contribution in [2.45, 2.75) is 45.1 Å². The monoisotopic (exact) mass is 254 g/mol. The van der Waals surface area contributed by atoms with Gasteiger partial charge in [0.1, 0.15) is 6.79 Å². The second-order valence-corrected chi connectivity index (χ2v) is 6.06. The molecule has 0 heterocycles. The van der Waals surface area contributed by atoms with Gasteiger partial charge in [0.15, 0.2) is 0 Å². The first-order valence-electron chi connectivity index (χ1n) is 7.02. The third-order valence-corrected chi connectivity index (χ3v) is 5.16. The summed E-state index contributed by atoms with van der Waals surface area (Å²) in [5.41, 5.74) is 1.27. The van der Waals surface area contributed by atoms with Crippen molar-refractivity contribution in [2.24, 2.45) is 17.3 Å². The summed E-state index contributed by atoms with van der Waals surface area (Å²) in [6.07, 6.45) is 6.23. The number of hydrogen-bond acceptors (Lipinski definition) is 3. The van der Waals surface area contributed by atoms with Gasteiger partial charge in [-0.2, -0.15) is 0 Å². The van der Waals surface area contributed by atoms with Crippen molar-refractivity contribution in [3.63, 3.8) is 0 Å². The number of methoxy groups -OCH3 is 1. The summed E-state index contributed by atoms with van der Waals surface area (Å²) in [5.74, 6) is 1.05. The molecule has 3 heteroatoms. The Hall–Kier alpha value is -0.380. The van der Waals surface area contributed by atoms with Crippen LogP contribution in [0.3, 0.4) is 0 Å². The van der Waals surface area contributed by atoms with Gasteiger partial charge in [-0.05, 0) is 48.5 Å². The number of ether oxygens (including phenoxy) is 2. The van der Waals surface area contributed by atoms with E-state index in [-0.39, 0.29) is 12.0 Å². The van der Waals surface area contributed by atoms with Gasteiger partial charge < -0.3 is 14.6 Å². The Balaban J connectivity index is 2.10. The van der Waals surface area contributed by atoms with E-state index in [1.165, 1.54) is 19.3 Å². The molecule has 104 valence electrons. The molecular formula is C15H26O3. The zero-order valence-electron chi connectivity index (χ0n) is 11.7. The smallest absolute Gasteiger partial charge is 0.146 e. The summed E-state index contributed by atoms with van der Waals surface area (Å²) < 4.78 is 10.9. The van der Waals surface area contributed by atoms with Crippen molar-refractivity contribution < 1.29 is 14.6 Å². The van der Waals surface area contributed by atoms with Gasteiger partial charge >= 0.3 is 0 Å². The fourth-order valence-corrected chi connectivity index (χ4v) is 4.26. The van der Waals surface area contributed by atoms with E-state index in [4.69, 9.17) is 9.47 Å². The van der Waals surface area contributed by atoms with E-state index in [1.807, 2.05) is 0 Å². The predicted molar refractivity (Wildman–Crippen MR) is 71.1 cm³/mol. The first-order chi connectivity index (χ1) is 8.63. The van der Waals surface area contributed by atoms with Crippen LogP contribution in [-0.4, -0.2) is 31.7 Å². The first-order valence-corrected chi connectivity index (χ1v) is 7.02. The van der Waals surface area contributed by atoms with Crippen LogP contribution >= 0.6 is 0 Å². The van der Waals surface area contributed by atoms with Crippen LogP contribution in [0.5, 0.6) is 0 Å². The molecule has 2 saturated carbocycles. The van der Waals surface area contributed by atoms with Crippen LogP contribution < -0.4 is 0 Å². The standard InChI is InChI=1S/C15H26O3/c1-11(9-16)12-6-7-13-14(18-10-17-3)5-4-8-15(12,13)2/h12-14,16H,1,4-10H2,2-3H3/t12-,13+,14+,15-/m1/s1. The molecule has 18 heavy (non-hydrogen) atoms. The van der Waals surface area contributed by atoms with Crippen LogP contribution in [0.4, 0.5) is 0 Å². The largest absolute Gasteiger partial charge is 0.392 e. The fourth-order valence-electron chi connectivity index (χ4n) is 4.26. The molecule has 0 aliphatic heterocycles. The molecule has 0 aromatic heterocycles. The highest BCUT2D eigenvalue weighted by Gasteiger charge is 2.52. The van der Waals surface area contributed by atoms with Gasteiger partial charge in [-0.1, -0.05) is 19.9 Å². The molecule has 1 N–H and O–H groups in total. The SMILES string of the molecule is C=C(CO)[C@H]1CC[C@H]2[C@@H](OCOC)CCC[C@]12C. The first kappa shape index (κ1) is 14.0. The molecule has 3 nitrogen and oxygen atoms in total. The minimum Gasteiger partial charge on any atom is -0.392 e. The quantitative estimate of drug-likeness (QED) is 0.605. The zero-order chi connectivity index (χ0) is 13.2. The van der Waals surface area contributed by atoms with Crippen LogP contribution in [-0.2, 0) is 9.47 Å². The van der Waals surface area contributed by atoms with E-state index >= 15 is 0 Å². The van der Waals surface area contributed by atoms with Crippen molar-refractivity contribution in [1.82, 2.24) is 0 Å². The maximum absolute atomic E-state index is 9.36. The Morgan fingerprint density at radius 2 is 2.17 bits per heavy atom. The zero-order valence-corrected chi connectivity index (χ0v) is 11.7.